The fourth-order valence-electron chi connectivity index (χ4n) is 4.56. The van der Waals surface area contributed by atoms with Crippen LogP contribution in [0.1, 0.15) is 36.2 Å². The molecule has 1 atom stereocenters. The average Bonchev–Trinajstić information content (AvgIpc) is 3.24. The number of nitrogens with zero attached hydrogens (tertiary/aromatic N) is 3. The summed E-state index contributed by atoms with van der Waals surface area (Å²) in [5.74, 6) is -0.134. The summed E-state index contributed by atoms with van der Waals surface area (Å²) in [5, 5.41) is 8.55. The molecule has 4 nitrogen and oxygen atoms in total. The molecule has 164 valence electrons. The molecule has 0 bridgehead atoms. The second-order valence-corrected chi connectivity index (χ2v) is 8.97. The molecule has 1 aliphatic heterocycles. The van der Waals surface area contributed by atoms with Gasteiger partial charge < -0.3 is 0 Å². The summed E-state index contributed by atoms with van der Waals surface area (Å²) in [5.41, 5.74) is 6.39. The number of pyridine rings is 1. The van der Waals surface area contributed by atoms with Gasteiger partial charge in [-0.25, -0.2) is 5.01 Å². The van der Waals surface area contributed by atoms with Gasteiger partial charge in [-0.15, -0.1) is 0 Å². The number of halogens is 2. The Morgan fingerprint density at radius 1 is 0.970 bits per heavy atom. The molecule has 0 spiro atoms. The molecular formula is C27H21Cl2N3O. The first-order chi connectivity index (χ1) is 15.9. The molecule has 5 rings (SSSR count). The fourth-order valence-corrected chi connectivity index (χ4v) is 4.99. The van der Waals surface area contributed by atoms with Crippen molar-refractivity contribution in [2.24, 2.45) is 5.10 Å². The molecular weight excluding hydrogens is 453 g/mol. The van der Waals surface area contributed by atoms with Gasteiger partial charge in [-0.05, 0) is 42.3 Å². The number of hydrogen-bond acceptors (Lipinski definition) is 3. The topological polar surface area (TPSA) is 45.6 Å². The van der Waals surface area contributed by atoms with Crippen LogP contribution < -0.4 is 0 Å². The van der Waals surface area contributed by atoms with E-state index in [1.54, 1.807) is 0 Å². The zero-order valence-electron chi connectivity index (χ0n) is 18.2. The van der Waals surface area contributed by atoms with E-state index < -0.39 is 0 Å². The quantitative estimate of drug-likeness (QED) is 0.315. The summed E-state index contributed by atoms with van der Waals surface area (Å²) in [6.45, 7) is 3.51. The van der Waals surface area contributed by atoms with Crippen molar-refractivity contribution in [2.75, 3.05) is 0 Å². The molecule has 0 saturated heterocycles. The van der Waals surface area contributed by atoms with Gasteiger partial charge >= 0.3 is 0 Å². The molecule has 1 unspecified atom stereocenters. The number of hydrogen-bond donors (Lipinski definition) is 0. The third-order valence-corrected chi connectivity index (χ3v) is 6.56. The first-order valence-electron chi connectivity index (χ1n) is 10.7. The molecule has 0 fully saturated rings. The predicted octanol–water partition coefficient (Wildman–Crippen LogP) is 7.21. The Labute approximate surface area is 202 Å². The molecule has 33 heavy (non-hydrogen) atoms. The number of aryl methyl sites for hydroxylation is 1. The van der Waals surface area contributed by atoms with Gasteiger partial charge in [0.25, 0.3) is 0 Å². The minimum atomic E-state index is -0.274. The Morgan fingerprint density at radius 3 is 2.42 bits per heavy atom. The molecule has 0 N–H and O–H groups in total. The number of fused-ring (bicyclic) bond motifs is 1. The van der Waals surface area contributed by atoms with Gasteiger partial charge in [0, 0.05) is 45.6 Å². The summed E-state index contributed by atoms with van der Waals surface area (Å²) >= 11 is 12.9. The van der Waals surface area contributed by atoms with Gasteiger partial charge in [0.15, 0.2) is 0 Å². The molecule has 4 aromatic rings. The van der Waals surface area contributed by atoms with Gasteiger partial charge in [-0.2, -0.15) is 5.10 Å². The summed E-state index contributed by atoms with van der Waals surface area (Å²) in [7, 11) is 0. The molecule has 0 radical (unpaired) electrons. The highest BCUT2D eigenvalue weighted by molar-refractivity contribution is 6.32. The minimum Gasteiger partial charge on any atom is -0.273 e. The first-order valence-corrected chi connectivity index (χ1v) is 11.5. The van der Waals surface area contributed by atoms with Crippen molar-refractivity contribution < 1.29 is 4.79 Å². The second kappa shape index (κ2) is 8.62. The van der Waals surface area contributed by atoms with Crippen LogP contribution >= 0.6 is 23.2 Å². The number of carbonyl (C=O) groups excluding carboxylic acids is 1. The number of rotatable bonds is 3. The molecule has 3 aromatic carbocycles. The Hall–Kier alpha value is -3.21. The van der Waals surface area contributed by atoms with Crippen molar-refractivity contribution >= 4 is 45.7 Å². The number of amides is 1. The van der Waals surface area contributed by atoms with E-state index in [9.17, 15) is 4.79 Å². The maximum absolute atomic E-state index is 12.6. The Morgan fingerprint density at radius 2 is 1.70 bits per heavy atom. The standard InChI is InChI=1S/C27H21Cl2N3O/c1-16-26(24-15-25(32(31-24)17(2)33)20-10-6-7-11-22(20)29)27(18-8-4-3-5-9-18)21-14-19(28)12-13-23(21)30-16/h3-14,25H,15H2,1-2H3. The van der Waals surface area contributed by atoms with Crippen LogP contribution in [0.2, 0.25) is 10.0 Å². The highest BCUT2D eigenvalue weighted by Crippen LogP contribution is 2.41. The van der Waals surface area contributed by atoms with Crippen molar-refractivity contribution in [1.29, 1.82) is 0 Å². The molecule has 2 heterocycles. The predicted molar refractivity (Wildman–Crippen MR) is 135 cm³/mol. The van der Waals surface area contributed by atoms with Crippen molar-refractivity contribution in [2.45, 2.75) is 26.3 Å². The molecule has 6 heteroatoms. The maximum atomic E-state index is 12.6. The Bertz CT molecular complexity index is 1420. The maximum Gasteiger partial charge on any atom is 0.240 e. The third-order valence-electron chi connectivity index (χ3n) is 5.98. The highest BCUT2D eigenvalue weighted by atomic mass is 35.5. The van der Waals surface area contributed by atoms with Crippen LogP contribution in [-0.2, 0) is 4.79 Å². The van der Waals surface area contributed by atoms with Crippen LogP contribution in [0.5, 0.6) is 0 Å². The summed E-state index contributed by atoms with van der Waals surface area (Å²) in [4.78, 5) is 17.4. The molecule has 1 amide bonds. The first kappa shape index (κ1) is 21.6. The van der Waals surface area contributed by atoms with Crippen LogP contribution in [0.3, 0.4) is 0 Å². The van der Waals surface area contributed by atoms with Crippen LogP contribution in [0.15, 0.2) is 77.9 Å². The van der Waals surface area contributed by atoms with Crippen molar-refractivity contribution in [1.82, 2.24) is 9.99 Å². The Balaban J connectivity index is 1.75. The Kier molecular flexibility index (Phi) is 5.65. The summed E-state index contributed by atoms with van der Waals surface area (Å²) in [6.07, 6.45) is 0.539. The second-order valence-electron chi connectivity index (χ2n) is 8.13. The third kappa shape index (κ3) is 3.90. The van der Waals surface area contributed by atoms with Crippen LogP contribution in [-0.4, -0.2) is 21.6 Å². The van der Waals surface area contributed by atoms with Gasteiger partial charge in [0.1, 0.15) is 0 Å². The van der Waals surface area contributed by atoms with E-state index in [0.29, 0.717) is 16.5 Å². The molecule has 0 aliphatic carbocycles. The fraction of sp³-hybridized carbons (Fsp3) is 0.148. The monoisotopic (exact) mass is 473 g/mol. The zero-order valence-corrected chi connectivity index (χ0v) is 19.7. The lowest BCUT2D eigenvalue weighted by Crippen LogP contribution is -2.24. The smallest absolute Gasteiger partial charge is 0.240 e. The van der Waals surface area contributed by atoms with Crippen LogP contribution in [0.25, 0.3) is 22.0 Å². The number of carbonyl (C=O) groups is 1. The number of aromatic nitrogens is 1. The van der Waals surface area contributed by atoms with E-state index in [4.69, 9.17) is 33.3 Å². The van der Waals surface area contributed by atoms with Crippen molar-refractivity contribution in [3.05, 3.63) is 99.7 Å². The lowest BCUT2D eigenvalue weighted by Gasteiger charge is -2.21. The van der Waals surface area contributed by atoms with Crippen LogP contribution in [0, 0.1) is 6.92 Å². The van der Waals surface area contributed by atoms with E-state index in [1.807, 2.05) is 67.6 Å². The minimum absolute atomic E-state index is 0.134. The van der Waals surface area contributed by atoms with E-state index in [-0.39, 0.29) is 11.9 Å². The largest absolute Gasteiger partial charge is 0.273 e. The zero-order chi connectivity index (χ0) is 23.1. The van der Waals surface area contributed by atoms with Crippen LogP contribution in [0.4, 0.5) is 0 Å². The van der Waals surface area contributed by atoms with Crippen molar-refractivity contribution in [3.63, 3.8) is 0 Å². The van der Waals surface area contributed by atoms with Gasteiger partial charge in [0.05, 0.1) is 17.3 Å². The number of hydrazone groups is 1. The highest BCUT2D eigenvalue weighted by Gasteiger charge is 2.34. The lowest BCUT2D eigenvalue weighted by molar-refractivity contribution is -0.130. The summed E-state index contributed by atoms with van der Waals surface area (Å²) < 4.78 is 0. The normalized spacial score (nSPS) is 15.7. The van der Waals surface area contributed by atoms with E-state index in [2.05, 4.69) is 12.1 Å². The van der Waals surface area contributed by atoms with Gasteiger partial charge in [-0.3, -0.25) is 9.78 Å². The molecule has 0 saturated carbocycles. The molecule has 1 aromatic heterocycles. The number of benzene rings is 3. The van der Waals surface area contributed by atoms with Gasteiger partial charge in [0.2, 0.25) is 5.91 Å². The summed E-state index contributed by atoms with van der Waals surface area (Å²) in [6, 6.07) is 23.2. The van der Waals surface area contributed by atoms with E-state index in [1.165, 1.54) is 11.9 Å². The van der Waals surface area contributed by atoms with Gasteiger partial charge in [-0.1, -0.05) is 71.7 Å². The van der Waals surface area contributed by atoms with E-state index in [0.717, 1.165) is 44.6 Å². The van der Waals surface area contributed by atoms with Crippen molar-refractivity contribution in [3.8, 4) is 11.1 Å². The SMILES string of the molecule is CC(=O)N1N=C(c2c(C)nc3ccc(Cl)cc3c2-c2ccccc2)CC1c1ccccc1Cl. The lowest BCUT2D eigenvalue weighted by atomic mass is 9.89. The molecule has 1 aliphatic rings. The average molecular weight is 474 g/mol. The van der Waals surface area contributed by atoms with E-state index >= 15 is 0 Å².